The van der Waals surface area contributed by atoms with Crippen LogP contribution in [0, 0.1) is 0 Å². The van der Waals surface area contributed by atoms with Crippen molar-refractivity contribution in [1.29, 1.82) is 0 Å². The summed E-state index contributed by atoms with van der Waals surface area (Å²) in [7, 11) is -2.41. The fourth-order valence-corrected chi connectivity index (χ4v) is 3.85. The summed E-state index contributed by atoms with van der Waals surface area (Å²) in [5, 5.41) is 10.1. The van der Waals surface area contributed by atoms with Gasteiger partial charge in [0.1, 0.15) is 7.14 Å². The Hall–Kier alpha value is -0.850. The fourth-order valence-electron chi connectivity index (χ4n) is 1.51. The lowest BCUT2D eigenvalue weighted by Gasteiger charge is -2.09. The molecule has 2 atom stereocenters. The number of hydrogen-bond donors (Lipinski definition) is 1. The van der Waals surface area contributed by atoms with E-state index in [1.54, 1.807) is 11.9 Å². The Labute approximate surface area is 77.3 Å². The van der Waals surface area contributed by atoms with Crippen molar-refractivity contribution >= 4 is 12.4 Å². The molecule has 1 N–H and O–H groups in total. The second kappa shape index (κ2) is 3.13. The zero-order valence-corrected chi connectivity index (χ0v) is 8.02. The molecule has 0 aliphatic carbocycles. The number of rotatable bonds is 1. The maximum atomic E-state index is 12.2. The molecule has 0 amide bonds. The first-order valence-corrected chi connectivity index (χ1v) is 6.19. The van der Waals surface area contributed by atoms with Crippen LogP contribution in [0.15, 0.2) is 42.2 Å². The molecule has 0 fully saturated rings. The molecular weight excluding hydrogens is 183 g/mol. The first-order valence-electron chi connectivity index (χ1n) is 4.22. The topological polar surface area (TPSA) is 37.3 Å². The van der Waals surface area contributed by atoms with Crippen LogP contribution in [0.25, 0.3) is 0 Å². The zero-order valence-electron chi connectivity index (χ0n) is 7.13. The van der Waals surface area contributed by atoms with Gasteiger partial charge in [0.2, 0.25) is 0 Å². The highest BCUT2D eigenvalue weighted by atomic mass is 31.2. The molecule has 1 aliphatic rings. The first kappa shape index (κ1) is 8.74. The van der Waals surface area contributed by atoms with Crippen LogP contribution in [-0.2, 0) is 4.57 Å². The van der Waals surface area contributed by atoms with Crippen molar-refractivity contribution in [2.45, 2.75) is 6.10 Å². The third-order valence-corrected chi connectivity index (χ3v) is 4.94. The van der Waals surface area contributed by atoms with Crippen LogP contribution in [0.3, 0.4) is 0 Å². The van der Waals surface area contributed by atoms with Crippen LogP contribution in [0.1, 0.15) is 0 Å². The minimum absolute atomic E-state index is 0.358. The maximum Gasteiger partial charge on any atom is 0.139 e. The predicted octanol–water partition coefficient (Wildman–Crippen LogP) is 1.56. The van der Waals surface area contributed by atoms with E-state index >= 15 is 0 Å². The molecule has 1 aliphatic heterocycles. The quantitative estimate of drug-likeness (QED) is 0.689. The van der Waals surface area contributed by atoms with E-state index in [1.165, 1.54) is 0 Å². The lowest BCUT2D eigenvalue weighted by Crippen LogP contribution is -2.09. The van der Waals surface area contributed by atoms with Crippen LogP contribution >= 0.6 is 7.14 Å². The molecule has 1 aromatic carbocycles. The van der Waals surface area contributed by atoms with E-state index in [9.17, 15) is 9.67 Å². The predicted molar refractivity (Wildman–Crippen MR) is 53.7 cm³/mol. The van der Waals surface area contributed by atoms with Gasteiger partial charge in [0.05, 0.1) is 6.10 Å². The summed E-state index contributed by atoms with van der Waals surface area (Å²) in [5.41, 5.74) is 0. The largest absolute Gasteiger partial charge is 0.389 e. The maximum absolute atomic E-state index is 12.2. The summed E-state index contributed by atoms with van der Waals surface area (Å²) in [6, 6.07) is 9.33. The standard InChI is InChI=1S/C10H11O2P/c11-9-6-7-13(12,8-9)10-4-2-1-3-5-10/h1-7,9,11H,8H2/t9-,13-/m1/s1. The zero-order chi connectivity index (χ0) is 9.31. The first-order chi connectivity index (χ1) is 6.21. The second-order valence-electron chi connectivity index (χ2n) is 3.22. The van der Waals surface area contributed by atoms with Crippen LogP contribution < -0.4 is 5.30 Å². The number of aliphatic hydroxyl groups excluding tert-OH is 1. The summed E-state index contributed by atoms with van der Waals surface area (Å²) in [4.78, 5) is 0. The van der Waals surface area contributed by atoms with Gasteiger partial charge >= 0.3 is 0 Å². The Morgan fingerprint density at radius 1 is 1.31 bits per heavy atom. The average molecular weight is 194 g/mol. The van der Waals surface area contributed by atoms with Gasteiger partial charge in [-0.25, -0.2) is 0 Å². The summed E-state index contributed by atoms with van der Waals surface area (Å²) in [6.45, 7) is 0. The minimum Gasteiger partial charge on any atom is -0.389 e. The Kier molecular flexibility index (Phi) is 2.10. The van der Waals surface area contributed by atoms with E-state index in [0.29, 0.717) is 6.16 Å². The third kappa shape index (κ3) is 1.60. The third-order valence-electron chi connectivity index (χ3n) is 2.20. The van der Waals surface area contributed by atoms with E-state index in [4.69, 9.17) is 0 Å². The van der Waals surface area contributed by atoms with Crippen molar-refractivity contribution in [3.8, 4) is 0 Å². The second-order valence-corrected chi connectivity index (χ2v) is 5.99. The highest BCUT2D eigenvalue weighted by molar-refractivity contribution is 7.74. The van der Waals surface area contributed by atoms with E-state index in [1.807, 2.05) is 30.3 Å². The van der Waals surface area contributed by atoms with Crippen LogP contribution in [-0.4, -0.2) is 17.4 Å². The van der Waals surface area contributed by atoms with Crippen molar-refractivity contribution in [1.82, 2.24) is 0 Å². The highest BCUT2D eigenvalue weighted by Crippen LogP contribution is 2.50. The van der Waals surface area contributed by atoms with E-state index in [2.05, 4.69) is 0 Å². The van der Waals surface area contributed by atoms with Gasteiger partial charge in [-0.15, -0.1) is 0 Å². The molecule has 0 unspecified atom stereocenters. The molecule has 0 spiro atoms. The van der Waals surface area contributed by atoms with Gasteiger partial charge in [0, 0.05) is 11.5 Å². The molecule has 2 nitrogen and oxygen atoms in total. The van der Waals surface area contributed by atoms with Crippen molar-refractivity contribution < 1.29 is 9.67 Å². The molecule has 0 radical (unpaired) electrons. The molecule has 1 heterocycles. The lowest BCUT2D eigenvalue weighted by atomic mass is 10.4. The van der Waals surface area contributed by atoms with Crippen LogP contribution in [0.2, 0.25) is 0 Å². The normalized spacial score (nSPS) is 32.2. The number of aliphatic hydroxyl groups is 1. The van der Waals surface area contributed by atoms with Crippen molar-refractivity contribution in [2.75, 3.05) is 6.16 Å². The molecular formula is C10H11O2P. The Morgan fingerprint density at radius 3 is 2.54 bits per heavy atom. The molecule has 68 valence electrons. The van der Waals surface area contributed by atoms with Gasteiger partial charge in [0.15, 0.2) is 0 Å². The summed E-state index contributed by atoms with van der Waals surface area (Å²) in [5.74, 6) is 1.66. The van der Waals surface area contributed by atoms with Crippen molar-refractivity contribution in [3.05, 3.63) is 42.2 Å². The van der Waals surface area contributed by atoms with Crippen molar-refractivity contribution in [2.24, 2.45) is 0 Å². The highest BCUT2D eigenvalue weighted by Gasteiger charge is 2.28. The van der Waals surface area contributed by atoms with Gasteiger partial charge in [-0.3, -0.25) is 0 Å². The molecule has 1 aromatic rings. The molecule has 3 heteroatoms. The van der Waals surface area contributed by atoms with E-state index in [-0.39, 0.29) is 0 Å². The Morgan fingerprint density at radius 2 is 2.00 bits per heavy atom. The van der Waals surface area contributed by atoms with Crippen LogP contribution in [0.5, 0.6) is 0 Å². The Balaban J connectivity index is 2.38. The smallest absolute Gasteiger partial charge is 0.139 e. The lowest BCUT2D eigenvalue weighted by molar-refractivity contribution is 0.249. The van der Waals surface area contributed by atoms with Gasteiger partial charge in [-0.1, -0.05) is 36.4 Å². The average Bonchev–Trinajstić information content (AvgIpc) is 2.49. The van der Waals surface area contributed by atoms with Gasteiger partial charge in [-0.2, -0.15) is 0 Å². The summed E-state index contributed by atoms with van der Waals surface area (Å²) in [6.07, 6.45) is 1.44. The number of benzene rings is 1. The summed E-state index contributed by atoms with van der Waals surface area (Å²) >= 11 is 0. The summed E-state index contributed by atoms with van der Waals surface area (Å²) < 4.78 is 12.2. The molecule has 0 aromatic heterocycles. The molecule has 13 heavy (non-hydrogen) atoms. The molecule has 0 bridgehead atoms. The van der Waals surface area contributed by atoms with Gasteiger partial charge in [0.25, 0.3) is 0 Å². The fraction of sp³-hybridized carbons (Fsp3) is 0.200. The monoisotopic (exact) mass is 194 g/mol. The Bertz CT molecular complexity index is 370. The SMILES string of the molecule is O=[P@]1(c2ccccc2)C=C[C@@H](O)C1. The van der Waals surface area contributed by atoms with Crippen molar-refractivity contribution in [3.63, 3.8) is 0 Å². The van der Waals surface area contributed by atoms with Gasteiger partial charge < -0.3 is 9.67 Å². The molecule has 2 rings (SSSR count). The van der Waals surface area contributed by atoms with E-state index < -0.39 is 13.2 Å². The van der Waals surface area contributed by atoms with Gasteiger partial charge in [-0.05, 0) is 5.82 Å². The molecule has 0 saturated heterocycles. The van der Waals surface area contributed by atoms with Crippen LogP contribution in [0.4, 0.5) is 0 Å². The van der Waals surface area contributed by atoms with E-state index in [0.717, 1.165) is 5.30 Å². The number of hydrogen-bond acceptors (Lipinski definition) is 2. The molecule has 0 saturated carbocycles. The minimum atomic E-state index is -2.41.